The van der Waals surface area contributed by atoms with E-state index in [0.29, 0.717) is 23.1 Å². The van der Waals surface area contributed by atoms with Crippen LogP contribution < -0.4 is 10.1 Å². The topological polar surface area (TPSA) is 75.6 Å². The molecule has 0 saturated heterocycles. The Balaban J connectivity index is 1.87. The maximum absolute atomic E-state index is 12.5. The fourth-order valence-corrected chi connectivity index (χ4v) is 6.37. The Kier molecular flexibility index (Phi) is 10.00. The van der Waals surface area contributed by atoms with Gasteiger partial charge in [-0.05, 0) is 62.3 Å². The first-order chi connectivity index (χ1) is 16.5. The molecule has 1 aromatic carbocycles. The molecule has 0 radical (unpaired) electrons. The van der Waals surface area contributed by atoms with Gasteiger partial charge in [0.25, 0.3) is 5.91 Å². The average Bonchev–Trinajstić information content (AvgIpc) is 3.27. The molecule has 6 heteroatoms. The lowest BCUT2D eigenvalue weighted by atomic mass is 9.82. The lowest BCUT2D eigenvalue weighted by Crippen LogP contribution is -2.26. The second-order valence-corrected chi connectivity index (χ2v) is 10.4. The molecule has 1 fully saturated rings. The Morgan fingerprint density at radius 1 is 1.12 bits per heavy atom. The van der Waals surface area contributed by atoms with Gasteiger partial charge in [-0.3, -0.25) is 9.59 Å². The third-order valence-corrected chi connectivity index (χ3v) is 8.40. The van der Waals surface area contributed by atoms with Crippen molar-refractivity contribution < 1.29 is 19.4 Å². The van der Waals surface area contributed by atoms with E-state index in [-0.39, 0.29) is 25.0 Å². The van der Waals surface area contributed by atoms with E-state index >= 15 is 0 Å². The van der Waals surface area contributed by atoms with E-state index in [4.69, 9.17) is 9.84 Å². The van der Waals surface area contributed by atoms with Crippen molar-refractivity contribution in [2.24, 2.45) is 5.92 Å². The van der Waals surface area contributed by atoms with Gasteiger partial charge in [-0.15, -0.1) is 11.3 Å². The number of carbonyl (C=O) groups is 2. The summed E-state index contributed by atoms with van der Waals surface area (Å²) < 4.78 is 6.71. The van der Waals surface area contributed by atoms with Gasteiger partial charge < -0.3 is 15.2 Å². The number of rotatable bonds is 12. The van der Waals surface area contributed by atoms with Crippen molar-refractivity contribution in [1.82, 2.24) is 5.32 Å². The molecule has 5 nitrogen and oxygen atoms in total. The van der Waals surface area contributed by atoms with Crippen molar-refractivity contribution >= 4 is 23.2 Å². The highest BCUT2D eigenvalue weighted by Crippen LogP contribution is 2.43. The Morgan fingerprint density at radius 2 is 1.85 bits per heavy atom. The van der Waals surface area contributed by atoms with Crippen LogP contribution in [0.15, 0.2) is 30.3 Å². The van der Waals surface area contributed by atoms with E-state index < -0.39 is 5.97 Å². The fourth-order valence-electron chi connectivity index (χ4n) is 4.97. The minimum absolute atomic E-state index is 0.0140. The van der Waals surface area contributed by atoms with Crippen molar-refractivity contribution in [2.75, 3.05) is 6.54 Å². The maximum Gasteiger partial charge on any atom is 0.305 e. The summed E-state index contributed by atoms with van der Waals surface area (Å²) in [6.07, 6.45) is 9.28. The van der Waals surface area contributed by atoms with Gasteiger partial charge in [0.1, 0.15) is 11.9 Å². The fraction of sp³-hybridized carbons (Fsp3) is 0.571. The van der Waals surface area contributed by atoms with Crippen LogP contribution in [0.2, 0.25) is 0 Å². The van der Waals surface area contributed by atoms with Crippen LogP contribution in [0.25, 0.3) is 0 Å². The minimum Gasteiger partial charge on any atom is -0.485 e. The lowest BCUT2D eigenvalue weighted by molar-refractivity contribution is -0.136. The van der Waals surface area contributed by atoms with E-state index in [9.17, 15) is 9.59 Å². The molecule has 34 heavy (non-hydrogen) atoms. The van der Waals surface area contributed by atoms with Crippen LogP contribution in [0.3, 0.4) is 0 Å². The minimum atomic E-state index is -0.928. The number of amides is 1. The Bertz CT molecular complexity index is 944. The first-order valence-corrected chi connectivity index (χ1v) is 13.7. The third kappa shape index (κ3) is 6.84. The molecule has 1 aromatic heterocycles. The number of ether oxygens (including phenoxy) is 1. The summed E-state index contributed by atoms with van der Waals surface area (Å²) in [6.45, 7) is 6.87. The smallest absolute Gasteiger partial charge is 0.305 e. The van der Waals surface area contributed by atoms with E-state index in [2.05, 4.69) is 32.2 Å². The van der Waals surface area contributed by atoms with E-state index in [0.717, 1.165) is 19.3 Å². The van der Waals surface area contributed by atoms with Gasteiger partial charge in [-0.2, -0.15) is 0 Å². The standard InChI is InChI=1S/C28H39NO4S/c1-4-19(5-2)25-18-23(24(6-3)34-25)27(20-11-8-7-9-12-20)33-22-14-10-13-21(17-22)28(32)29-16-15-26(30)31/h10,13-14,17-20,27H,4-9,11-12,15-16H2,1-3H3,(H,29,32)(H,30,31). The van der Waals surface area contributed by atoms with Crippen LogP contribution in [0.5, 0.6) is 5.75 Å². The number of carboxylic acids is 1. The predicted molar refractivity (Wildman–Crippen MR) is 138 cm³/mol. The van der Waals surface area contributed by atoms with E-state index in [1.54, 1.807) is 12.1 Å². The maximum atomic E-state index is 12.5. The van der Waals surface area contributed by atoms with Crippen molar-refractivity contribution in [3.8, 4) is 5.75 Å². The number of hydrogen-bond donors (Lipinski definition) is 2. The molecule has 1 saturated carbocycles. The zero-order valence-corrected chi connectivity index (χ0v) is 21.6. The largest absolute Gasteiger partial charge is 0.485 e. The predicted octanol–water partition coefficient (Wildman–Crippen LogP) is 7.12. The van der Waals surface area contributed by atoms with Gasteiger partial charge in [0, 0.05) is 33.3 Å². The molecule has 0 bridgehead atoms. The number of hydrogen-bond acceptors (Lipinski definition) is 4. The lowest BCUT2D eigenvalue weighted by Gasteiger charge is -2.31. The molecule has 0 spiro atoms. The molecule has 0 aliphatic heterocycles. The highest BCUT2D eigenvalue weighted by Gasteiger charge is 2.30. The van der Waals surface area contributed by atoms with Crippen LogP contribution in [0.1, 0.15) is 110 Å². The van der Waals surface area contributed by atoms with Crippen LogP contribution in [0, 0.1) is 5.92 Å². The van der Waals surface area contributed by atoms with E-state index in [1.807, 2.05) is 23.5 Å². The second kappa shape index (κ2) is 12.9. The summed E-state index contributed by atoms with van der Waals surface area (Å²) in [5, 5.41) is 11.5. The molecule has 1 aliphatic rings. The quantitative estimate of drug-likeness (QED) is 0.336. The molecule has 3 rings (SSSR count). The average molecular weight is 486 g/mol. The number of aliphatic carboxylic acids is 1. The zero-order chi connectivity index (χ0) is 24.5. The number of carboxylic acid groups (broad SMARTS) is 1. The molecule has 2 aromatic rings. The van der Waals surface area contributed by atoms with Crippen molar-refractivity contribution in [3.05, 3.63) is 51.2 Å². The van der Waals surface area contributed by atoms with Crippen molar-refractivity contribution in [3.63, 3.8) is 0 Å². The molecule has 2 N–H and O–H groups in total. The first-order valence-electron chi connectivity index (χ1n) is 12.9. The van der Waals surface area contributed by atoms with E-state index in [1.165, 1.54) is 47.4 Å². The Hall–Kier alpha value is -2.34. The molecule has 1 atom stereocenters. The van der Waals surface area contributed by atoms with Crippen LogP contribution in [-0.4, -0.2) is 23.5 Å². The van der Waals surface area contributed by atoms with Crippen LogP contribution >= 0.6 is 11.3 Å². The van der Waals surface area contributed by atoms with Crippen LogP contribution in [0.4, 0.5) is 0 Å². The number of nitrogens with one attached hydrogen (secondary N) is 1. The SMILES string of the molecule is CCc1sc(C(CC)CC)cc1C(Oc1cccc(C(=O)NCCC(=O)O)c1)C1CCCCC1. The van der Waals surface area contributed by atoms with Crippen LogP contribution in [-0.2, 0) is 11.2 Å². The number of carbonyl (C=O) groups excluding carboxylic acids is 1. The summed E-state index contributed by atoms with van der Waals surface area (Å²) in [5.41, 5.74) is 1.82. The Morgan fingerprint density at radius 3 is 2.50 bits per heavy atom. The van der Waals surface area contributed by atoms with Crippen molar-refractivity contribution in [2.45, 2.75) is 90.6 Å². The number of aryl methyl sites for hydroxylation is 1. The molecule has 1 aliphatic carbocycles. The Labute approximate surface area is 207 Å². The molecule has 1 amide bonds. The molecule has 1 unspecified atom stereocenters. The molecule has 1 heterocycles. The second-order valence-electron chi connectivity index (χ2n) is 9.26. The summed E-state index contributed by atoms with van der Waals surface area (Å²) in [5.74, 6) is 0.550. The summed E-state index contributed by atoms with van der Waals surface area (Å²) in [4.78, 5) is 26.1. The first kappa shape index (κ1) is 26.3. The van der Waals surface area contributed by atoms with Crippen molar-refractivity contribution in [1.29, 1.82) is 0 Å². The van der Waals surface area contributed by atoms with Gasteiger partial charge in [0.2, 0.25) is 0 Å². The van der Waals surface area contributed by atoms with Gasteiger partial charge in [0.15, 0.2) is 0 Å². The van der Waals surface area contributed by atoms with Gasteiger partial charge in [-0.1, -0.05) is 46.1 Å². The summed E-state index contributed by atoms with van der Waals surface area (Å²) in [6, 6.07) is 9.69. The molecular formula is C28H39NO4S. The normalized spacial score (nSPS) is 15.3. The van der Waals surface area contributed by atoms with Gasteiger partial charge >= 0.3 is 5.97 Å². The van der Waals surface area contributed by atoms with Gasteiger partial charge in [-0.25, -0.2) is 0 Å². The molecular weight excluding hydrogens is 446 g/mol. The monoisotopic (exact) mass is 485 g/mol. The summed E-state index contributed by atoms with van der Waals surface area (Å²) >= 11 is 1.95. The zero-order valence-electron chi connectivity index (χ0n) is 20.8. The highest BCUT2D eigenvalue weighted by atomic mass is 32.1. The number of thiophene rings is 1. The summed E-state index contributed by atoms with van der Waals surface area (Å²) in [7, 11) is 0. The van der Waals surface area contributed by atoms with Gasteiger partial charge in [0.05, 0.1) is 6.42 Å². The highest BCUT2D eigenvalue weighted by molar-refractivity contribution is 7.12. The number of benzene rings is 1. The third-order valence-electron chi connectivity index (χ3n) is 6.94. The molecule has 186 valence electrons.